The first-order valence-electron chi connectivity index (χ1n) is 11.7. The highest BCUT2D eigenvalue weighted by molar-refractivity contribution is 5.75. The predicted octanol–water partition coefficient (Wildman–Crippen LogP) is 8.07. The van der Waals surface area contributed by atoms with Crippen molar-refractivity contribution >= 4 is 0 Å². The molecule has 0 saturated heterocycles. The standard InChI is InChI=1S/C28H34N2/c1-4-6-7-21-8-10-23(11-9-21)25-16-17-26(28(19-30)27(25)18-29)24-14-12-22(13-15-24)20(3)5-2/h12-17,20-21,23H,4-11H2,1-3H3/t20?,21-,23-. The molecule has 1 atom stereocenters. The van der Waals surface area contributed by atoms with E-state index in [0.29, 0.717) is 23.0 Å². The topological polar surface area (TPSA) is 47.6 Å². The van der Waals surface area contributed by atoms with E-state index in [1.165, 1.54) is 37.7 Å². The fourth-order valence-electron chi connectivity index (χ4n) is 4.92. The van der Waals surface area contributed by atoms with E-state index in [4.69, 9.17) is 0 Å². The average Bonchev–Trinajstić information content (AvgIpc) is 2.81. The smallest absolute Gasteiger partial charge is 0.101 e. The molecule has 2 nitrogen and oxygen atoms in total. The molecule has 1 aliphatic carbocycles. The molecule has 156 valence electrons. The molecular weight excluding hydrogens is 364 g/mol. The van der Waals surface area contributed by atoms with E-state index in [9.17, 15) is 10.5 Å². The Hall–Kier alpha value is -2.58. The van der Waals surface area contributed by atoms with Crippen LogP contribution in [0.1, 0.15) is 106 Å². The van der Waals surface area contributed by atoms with Gasteiger partial charge in [-0.2, -0.15) is 10.5 Å². The van der Waals surface area contributed by atoms with Gasteiger partial charge in [0.25, 0.3) is 0 Å². The third kappa shape index (κ3) is 4.76. The van der Waals surface area contributed by atoms with E-state index in [-0.39, 0.29) is 0 Å². The van der Waals surface area contributed by atoms with Gasteiger partial charge < -0.3 is 0 Å². The van der Waals surface area contributed by atoms with Gasteiger partial charge in [0.15, 0.2) is 0 Å². The van der Waals surface area contributed by atoms with Crippen molar-refractivity contribution < 1.29 is 0 Å². The normalized spacial score (nSPS) is 19.6. The van der Waals surface area contributed by atoms with Gasteiger partial charge in [-0.25, -0.2) is 0 Å². The first-order chi connectivity index (χ1) is 14.6. The van der Waals surface area contributed by atoms with E-state index >= 15 is 0 Å². The number of hydrogen-bond acceptors (Lipinski definition) is 2. The Labute approximate surface area is 182 Å². The summed E-state index contributed by atoms with van der Waals surface area (Å²) in [4.78, 5) is 0. The summed E-state index contributed by atoms with van der Waals surface area (Å²) < 4.78 is 0. The lowest BCUT2D eigenvalue weighted by Gasteiger charge is -2.29. The van der Waals surface area contributed by atoms with Gasteiger partial charge in [-0.1, -0.05) is 76.4 Å². The van der Waals surface area contributed by atoms with Crippen LogP contribution in [0, 0.1) is 28.6 Å². The van der Waals surface area contributed by atoms with Crippen molar-refractivity contribution in [3.8, 4) is 23.3 Å². The number of benzene rings is 2. The van der Waals surface area contributed by atoms with Crippen LogP contribution in [0.3, 0.4) is 0 Å². The third-order valence-electron chi connectivity index (χ3n) is 7.12. The second kappa shape index (κ2) is 10.4. The van der Waals surface area contributed by atoms with Crippen LogP contribution in [0.5, 0.6) is 0 Å². The Morgan fingerprint density at radius 2 is 1.57 bits per heavy atom. The zero-order valence-electron chi connectivity index (χ0n) is 18.7. The maximum absolute atomic E-state index is 9.95. The number of rotatable bonds is 7. The van der Waals surface area contributed by atoms with Gasteiger partial charge in [-0.05, 0) is 66.5 Å². The number of nitrogens with zero attached hydrogens (tertiary/aromatic N) is 2. The van der Waals surface area contributed by atoms with Crippen LogP contribution < -0.4 is 0 Å². The average molecular weight is 399 g/mol. The molecule has 1 aliphatic rings. The number of hydrogen-bond donors (Lipinski definition) is 0. The summed E-state index contributed by atoms with van der Waals surface area (Å²) in [5.41, 5.74) is 5.44. The van der Waals surface area contributed by atoms with E-state index in [1.807, 2.05) is 0 Å². The molecule has 30 heavy (non-hydrogen) atoms. The summed E-state index contributed by atoms with van der Waals surface area (Å²) in [7, 11) is 0. The Morgan fingerprint density at radius 1 is 0.900 bits per heavy atom. The predicted molar refractivity (Wildman–Crippen MR) is 124 cm³/mol. The van der Waals surface area contributed by atoms with E-state index in [0.717, 1.165) is 41.9 Å². The minimum atomic E-state index is 0.409. The van der Waals surface area contributed by atoms with Gasteiger partial charge in [-0.15, -0.1) is 0 Å². The van der Waals surface area contributed by atoms with Crippen molar-refractivity contribution in [2.45, 2.75) is 84.0 Å². The van der Waals surface area contributed by atoms with Crippen LogP contribution >= 0.6 is 0 Å². The molecule has 2 aromatic carbocycles. The van der Waals surface area contributed by atoms with Gasteiger partial charge in [0.05, 0.1) is 11.1 Å². The molecule has 1 saturated carbocycles. The second-order valence-corrected chi connectivity index (χ2v) is 8.97. The summed E-state index contributed by atoms with van der Waals surface area (Å²) in [5.74, 6) is 1.77. The molecule has 3 rings (SSSR count). The van der Waals surface area contributed by atoms with Crippen LogP contribution in [-0.4, -0.2) is 0 Å². The van der Waals surface area contributed by atoms with E-state index in [1.54, 1.807) is 0 Å². The summed E-state index contributed by atoms with van der Waals surface area (Å²) in [5, 5.41) is 19.9. The fourth-order valence-corrected chi connectivity index (χ4v) is 4.92. The summed E-state index contributed by atoms with van der Waals surface area (Å²) in [6, 6.07) is 17.4. The lowest BCUT2D eigenvalue weighted by Crippen LogP contribution is -2.15. The molecule has 0 heterocycles. The largest absolute Gasteiger partial charge is 0.192 e. The molecule has 0 amide bonds. The molecule has 0 aromatic heterocycles. The van der Waals surface area contributed by atoms with Crippen LogP contribution in [0.25, 0.3) is 11.1 Å². The molecule has 0 aliphatic heterocycles. The zero-order valence-corrected chi connectivity index (χ0v) is 18.7. The van der Waals surface area contributed by atoms with Crippen molar-refractivity contribution in [2.24, 2.45) is 5.92 Å². The molecule has 1 unspecified atom stereocenters. The first kappa shape index (κ1) is 22.1. The van der Waals surface area contributed by atoms with Crippen molar-refractivity contribution in [3.63, 3.8) is 0 Å². The summed E-state index contributed by atoms with van der Waals surface area (Å²) in [6.07, 6.45) is 9.80. The highest BCUT2D eigenvalue weighted by Gasteiger charge is 2.26. The van der Waals surface area contributed by atoms with Gasteiger partial charge >= 0.3 is 0 Å². The molecule has 2 aromatic rings. The van der Waals surface area contributed by atoms with Gasteiger partial charge in [0.1, 0.15) is 12.1 Å². The highest BCUT2D eigenvalue weighted by Crippen LogP contribution is 2.41. The number of unbranched alkanes of at least 4 members (excludes halogenated alkanes) is 1. The van der Waals surface area contributed by atoms with Crippen LogP contribution in [0.2, 0.25) is 0 Å². The Bertz CT molecular complexity index is 919. The SMILES string of the molecule is CCCC[C@H]1CC[C@H](c2ccc(-c3ccc(C(C)CC)cc3)c(C#N)c2C#N)CC1. The molecule has 1 fully saturated rings. The fraction of sp³-hybridized carbons (Fsp3) is 0.500. The Kier molecular flexibility index (Phi) is 7.70. The minimum absolute atomic E-state index is 0.409. The Morgan fingerprint density at radius 3 is 2.13 bits per heavy atom. The quantitative estimate of drug-likeness (QED) is 0.473. The monoisotopic (exact) mass is 398 g/mol. The van der Waals surface area contributed by atoms with Crippen molar-refractivity contribution in [2.75, 3.05) is 0 Å². The molecule has 0 radical (unpaired) electrons. The molecule has 0 spiro atoms. The van der Waals surface area contributed by atoms with E-state index < -0.39 is 0 Å². The highest BCUT2D eigenvalue weighted by atomic mass is 14.3. The van der Waals surface area contributed by atoms with Crippen LogP contribution in [-0.2, 0) is 0 Å². The molecule has 0 N–H and O–H groups in total. The maximum atomic E-state index is 9.95. The lowest BCUT2D eigenvalue weighted by molar-refractivity contribution is 0.304. The van der Waals surface area contributed by atoms with Crippen molar-refractivity contribution in [1.82, 2.24) is 0 Å². The van der Waals surface area contributed by atoms with Gasteiger partial charge in [0, 0.05) is 5.56 Å². The lowest BCUT2D eigenvalue weighted by atomic mass is 9.75. The van der Waals surface area contributed by atoms with Gasteiger partial charge in [0.2, 0.25) is 0 Å². The third-order valence-corrected chi connectivity index (χ3v) is 7.12. The molecular formula is C28H34N2. The molecule has 2 heteroatoms. The van der Waals surface area contributed by atoms with Crippen LogP contribution in [0.4, 0.5) is 0 Å². The van der Waals surface area contributed by atoms with Crippen molar-refractivity contribution in [3.05, 3.63) is 58.7 Å². The second-order valence-electron chi connectivity index (χ2n) is 8.97. The van der Waals surface area contributed by atoms with E-state index in [2.05, 4.69) is 69.3 Å². The molecule has 0 bridgehead atoms. The minimum Gasteiger partial charge on any atom is -0.192 e. The maximum Gasteiger partial charge on any atom is 0.101 e. The summed E-state index contributed by atoms with van der Waals surface area (Å²) >= 11 is 0. The first-order valence-corrected chi connectivity index (χ1v) is 11.7. The number of nitriles is 2. The van der Waals surface area contributed by atoms with Crippen molar-refractivity contribution in [1.29, 1.82) is 10.5 Å². The van der Waals surface area contributed by atoms with Crippen LogP contribution in [0.15, 0.2) is 36.4 Å². The zero-order chi connectivity index (χ0) is 21.5. The Balaban J connectivity index is 1.87. The summed E-state index contributed by atoms with van der Waals surface area (Å²) in [6.45, 7) is 6.69. The van der Waals surface area contributed by atoms with Gasteiger partial charge in [-0.3, -0.25) is 0 Å².